The lowest BCUT2D eigenvalue weighted by atomic mass is 9.99. The Hall–Kier alpha value is -1.39. The zero-order valence-electron chi connectivity index (χ0n) is 11.9. The zero-order valence-corrected chi connectivity index (χ0v) is 11.9. The highest BCUT2D eigenvalue weighted by Gasteiger charge is 2.15. The van der Waals surface area contributed by atoms with Crippen molar-refractivity contribution in [2.24, 2.45) is 5.92 Å². The van der Waals surface area contributed by atoms with E-state index in [1.165, 1.54) is 5.56 Å². The molecule has 1 aromatic carbocycles. The van der Waals surface area contributed by atoms with Crippen molar-refractivity contribution in [1.82, 2.24) is 0 Å². The fourth-order valence-electron chi connectivity index (χ4n) is 2.33. The summed E-state index contributed by atoms with van der Waals surface area (Å²) in [6.45, 7) is 3.15. The van der Waals surface area contributed by atoms with Gasteiger partial charge in [0.2, 0.25) is 0 Å². The van der Waals surface area contributed by atoms with E-state index in [2.05, 4.69) is 12.1 Å². The number of ether oxygens (including phenoxy) is 2. The van der Waals surface area contributed by atoms with Crippen molar-refractivity contribution in [3.63, 3.8) is 0 Å². The predicted molar refractivity (Wildman–Crippen MR) is 75.6 cm³/mol. The molecule has 110 valence electrons. The molecule has 0 saturated carbocycles. The van der Waals surface area contributed by atoms with Gasteiger partial charge < -0.3 is 14.6 Å². The van der Waals surface area contributed by atoms with Crippen LogP contribution in [0.2, 0.25) is 0 Å². The van der Waals surface area contributed by atoms with Gasteiger partial charge in [0, 0.05) is 0 Å². The molecule has 0 aromatic heterocycles. The molecule has 4 nitrogen and oxygen atoms in total. The molecule has 1 aliphatic rings. The Kier molecular flexibility index (Phi) is 5.56. The summed E-state index contributed by atoms with van der Waals surface area (Å²) in [5.41, 5.74) is 2.35. The topological polar surface area (TPSA) is 55.8 Å². The normalized spacial score (nSPS) is 17.2. The van der Waals surface area contributed by atoms with Gasteiger partial charge in [-0.3, -0.25) is 4.79 Å². The highest BCUT2D eigenvalue weighted by atomic mass is 16.7. The largest absolute Gasteiger partial charge is 0.481 e. The lowest BCUT2D eigenvalue weighted by Crippen LogP contribution is -2.12. The smallest absolute Gasteiger partial charge is 0.306 e. The van der Waals surface area contributed by atoms with Gasteiger partial charge in [-0.05, 0) is 36.8 Å². The van der Waals surface area contributed by atoms with E-state index in [9.17, 15) is 4.79 Å². The monoisotopic (exact) mass is 278 g/mol. The summed E-state index contributed by atoms with van der Waals surface area (Å²) in [6.07, 6.45) is 3.52. The molecule has 1 aliphatic heterocycles. The number of rotatable bonds is 7. The molecule has 20 heavy (non-hydrogen) atoms. The first kappa shape index (κ1) is 15.0. The third-order valence-electron chi connectivity index (χ3n) is 3.58. The fraction of sp³-hybridized carbons (Fsp3) is 0.562. The number of hydrogen-bond acceptors (Lipinski definition) is 3. The fourth-order valence-corrected chi connectivity index (χ4v) is 2.33. The summed E-state index contributed by atoms with van der Waals surface area (Å²) >= 11 is 0. The Morgan fingerprint density at radius 1 is 1.25 bits per heavy atom. The van der Waals surface area contributed by atoms with Crippen LogP contribution < -0.4 is 0 Å². The standard InChI is InChI=1S/C16H22O4/c1-12(16(17)18)11-14-7-5-13(6-8-14)3-2-4-15-19-9-10-20-15/h5-8,12,15H,2-4,9-11H2,1H3,(H,17,18). The summed E-state index contributed by atoms with van der Waals surface area (Å²) < 4.78 is 10.8. The van der Waals surface area contributed by atoms with Gasteiger partial charge in [0.1, 0.15) is 0 Å². The SMILES string of the molecule is CC(Cc1ccc(CCCC2OCCO2)cc1)C(=O)O. The van der Waals surface area contributed by atoms with E-state index in [0.717, 1.165) is 24.8 Å². The average molecular weight is 278 g/mol. The first-order chi connectivity index (χ1) is 9.65. The number of hydrogen-bond donors (Lipinski definition) is 1. The van der Waals surface area contributed by atoms with Gasteiger partial charge in [0.25, 0.3) is 0 Å². The average Bonchev–Trinajstić information content (AvgIpc) is 2.94. The Morgan fingerprint density at radius 2 is 1.85 bits per heavy atom. The van der Waals surface area contributed by atoms with Crippen LogP contribution in [-0.2, 0) is 27.1 Å². The lowest BCUT2D eigenvalue weighted by molar-refractivity contribution is -0.141. The minimum Gasteiger partial charge on any atom is -0.481 e. The number of carboxylic acids is 1. The van der Waals surface area contributed by atoms with Crippen molar-refractivity contribution in [2.75, 3.05) is 13.2 Å². The summed E-state index contributed by atoms with van der Waals surface area (Å²) in [6, 6.07) is 8.22. The molecular weight excluding hydrogens is 256 g/mol. The van der Waals surface area contributed by atoms with Crippen molar-refractivity contribution in [1.29, 1.82) is 0 Å². The first-order valence-corrected chi connectivity index (χ1v) is 7.19. The van der Waals surface area contributed by atoms with Crippen molar-refractivity contribution in [2.45, 2.75) is 38.9 Å². The molecule has 0 amide bonds. The van der Waals surface area contributed by atoms with Crippen molar-refractivity contribution >= 4 is 5.97 Å². The Bertz CT molecular complexity index is 421. The Labute approximate surface area is 119 Å². The molecule has 1 aromatic rings. The minimum atomic E-state index is -0.745. The highest BCUT2D eigenvalue weighted by molar-refractivity contribution is 5.69. The summed E-state index contributed by atoms with van der Waals surface area (Å²) in [5, 5.41) is 8.89. The second-order valence-corrected chi connectivity index (χ2v) is 5.32. The molecule has 1 N–H and O–H groups in total. The second-order valence-electron chi connectivity index (χ2n) is 5.32. The van der Waals surface area contributed by atoms with Crippen LogP contribution in [0.25, 0.3) is 0 Å². The van der Waals surface area contributed by atoms with Crippen LogP contribution in [-0.4, -0.2) is 30.6 Å². The molecule has 1 fully saturated rings. The van der Waals surface area contributed by atoms with Crippen LogP contribution in [0.15, 0.2) is 24.3 Å². The predicted octanol–water partition coefficient (Wildman–Crippen LogP) is 2.65. The molecule has 1 atom stereocenters. The molecular formula is C16H22O4. The maximum atomic E-state index is 10.8. The number of carbonyl (C=O) groups is 1. The van der Waals surface area contributed by atoms with Gasteiger partial charge in [-0.25, -0.2) is 0 Å². The van der Waals surface area contributed by atoms with E-state index in [4.69, 9.17) is 14.6 Å². The van der Waals surface area contributed by atoms with Crippen LogP contribution in [0.1, 0.15) is 30.9 Å². The maximum Gasteiger partial charge on any atom is 0.306 e. The van der Waals surface area contributed by atoms with E-state index in [1.807, 2.05) is 12.1 Å². The van der Waals surface area contributed by atoms with Gasteiger partial charge in [-0.2, -0.15) is 0 Å². The molecule has 0 bridgehead atoms. The van der Waals surface area contributed by atoms with Gasteiger partial charge in [-0.1, -0.05) is 31.2 Å². The number of benzene rings is 1. The van der Waals surface area contributed by atoms with Crippen LogP contribution in [0.3, 0.4) is 0 Å². The van der Waals surface area contributed by atoms with Crippen molar-refractivity contribution in [3.8, 4) is 0 Å². The molecule has 2 rings (SSSR count). The van der Waals surface area contributed by atoms with E-state index in [-0.39, 0.29) is 12.2 Å². The molecule has 4 heteroatoms. The molecule has 0 spiro atoms. The van der Waals surface area contributed by atoms with Crippen LogP contribution in [0.5, 0.6) is 0 Å². The van der Waals surface area contributed by atoms with Crippen LogP contribution in [0.4, 0.5) is 0 Å². The van der Waals surface area contributed by atoms with E-state index in [1.54, 1.807) is 6.92 Å². The van der Waals surface area contributed by atoms with Gasteiger partial charge >= 0.3 is 5.97 Å². The third kappa shape index (κ3) is 4.62. The summed E-state index contributed by atoms with van der Waals surface area (Å²) in [5.74, 6) is -1.08. The maximum absolute atomic E-state index is 10.8. The van der Waals surface area contributed by atoms with Gasteiger partial charge in [0.15, 0.2) is 6.29 Å². The Balaban J connectivity index is 1.74. The molecule has 1 saturated heterocycles. The molecule has 1 unspecified atom stereocenters. The Morgan fingerprint density at radius 3 is 2.45 bits per heavy atom. The highest BCUT2D eigenvalue weighted by Crippen LogP contribution is 2.15. The van der Waals surface area contributed by atoms with Crippen LogP contribution >= 0.6 is 0 Å². The summed E-state index contributed by atoms with van der Waals surface area (Å²) in [7, 11) is 0. The molecule has 1 heterocycles. The summed E-state index contributed by atoms with van der Waals surface area (Å²) in [4.78, 5) is 10.8. The lowest BCUT2D eigenvalue weighted by Gasteiger charge is -2.09. The number of aliphatic carboxylic acids is 1. The van der Waals surface area contributed by atoms with Gasteiger partial charge in [-0.15, -0.1) is 0 Å². The van der Waals surface area contributed by atoms with Crippen LogP contribution in [0, 0.1) is 5.92 Å². The quantitative estimate of drug-likeness (QED) is 0.833. The van der Waals surface area contributed by atoms with E-state index < -0.39 is 5.97 Å². The third-order valence-corrected chi connectivity index (χ3v) is 3.58. The first-order valence-electron chi connectivity index (χ1n) is 7.19. The van der Waals surface area contributed by atoms with Crippen molar-refractivity contribution < 1.29 is 19.4 Å². The molecule has 0 aliphatic carbocycles. The second kappa shape index (κ2) is 7.41. The van der Waals surface area contributed by atoms with E-state index in [0.29, 0.717) is 19.6 Å². The van der Waals surface area contributed by atoms with Crippen molar-refractivity contribution in [3.05, 3.63) is 35.4 Å². The number of carboxylic acid groups (broad SMARTS) is 1. The van der Waals surface area contributed by atoms with Gasteiger partial charge in [0.05, 0.1) is 19.1 Å². The minimum absolute atomic E-state index is 0.0225. The van der Waals surface area contributed by atoms with E-state index >= 15 is 0 Å². The molecule has 0 radical (unpaired) electrons. The zero-order chi connectivity index (χ0) is 14.4. The number of aryl methyl sites for hydroxylation is 1.